The van der Waals surface area contributed by atoms with E-state index in [1.54, 1.807) is 7.11 Å². The highest BCUT2D eigenvalue weighted by Gasteiger charge is 2.17. The molecule has 1 aliphatic rings. The number of rotatable bonds is 4. The normalized spacial score (nSPS) is 17.3. The lowest BCUT2D eigenvalue weighted by Gasteiger charge is -2.31. The molecule has 1 unspecified atom stereocenters. The first-order valence-electron chi connectivity index (χ1n) is 6.51. The maximum Gasteiger partial charge on any atom is 0.0782 e. The topological polar surface area (TPSA) is 32.7 Å². The summed E-state index contributed by atoms with van der Waals surface area (Å²) in [5, 5.41) is 9.88. The third-order valence-corrected chi connectivity index (χ3v) is 3.91. The van der Waals surface area contributed by atoms with Crippen molar-refractivity contribution >= 4 is 21.6 Å². The predicted octanol–water partition coefficient (Wildman–Crippen LogP) is 3.29. The summed E-state index contributed by atoms with van der Waals surface area (Å²) in [6, 6.07) is 6.04. The first-order valence-corrected chi connectivity index (χ1v) is 7.30. The van der Waals surface area contributed by atoms with Crippen LogP contribution in [0.1, 0.15) is 25.0 Å². The Morgan fingerprint density at radius 2 is 2.26 bits per heavy atom. The Kier molecular flexibility index (Phi) is 5.02. The Bertz CT molecular complexity index is 471. The van der Waals surface area contributed by atoms with Crippen molar-refractivity contribution in [1.29, 1.82) is 0 Å². The van der Waals surface area contributed by atoms with Crippen molar-refractivity contribution in [1.82, 2.24) is 0 Å². The third-order valence-electron chi connectivity index (χ3n) is 3.42. The van der Waals surface area contributed by atoms with E-state index >= 15 is 0 Å². The number of halogens is 1. The van der Waals surface area contributed by atoms with Crippen molar-refractivity contribution in [2.75, 3.05) is 31.7 Å². The molecule has 0 aromatic heterocycles. The zero-order valence-corrected chi connectivity index (χ0v) is 13.0. The molecule has 0 saturated heterocycles. The van der Waals surface area contributed by atoms with Crippen molar-refractivity contribution in [2.45, 2.75) is 19.4 Å². The van der Waals surface area contributed by atoms with Crippen LogP contribution in [0.25, 0.3) is 0 Å². The number of methoxy groups -OCH3 is 1. The van der Waals surface area contributed by atoms with Gasteiger partial charge in [0.2, 0.25) is 0 Å². The monoisotopic (exact) mass is 325 g/mol. The largest absolute Gasteiger partial charge is 0.389 e. The molecule has 4 heteroatoms. The quantitative estimate of drug-likeness (QED) is 0.862. The molecule has 0 saturated carbocycles. The highest BCUT2D eigenvalue weighted by Crippen LogP contribution is 2.31. The number of hydrogen-bond donors (Lipinski definition) is 1. The van der Waals surface area contributed by atoms with Crippen LogP contribution in [-0.2, 0) is 4.74 Å². The number of hydrogen-bond acceptors (Lipinski definition) is 3. The van der Waals surface area contributed by atoms with Gasteiger partial charge >= 0.3 is 0 Å². The Labute approximate surface area is 123 Å². The molecule has 1 aliphatic heterocycles. The van der Waals surface area contributed by atoms with Crippen LogP contribution in [0.2, 0.25) is 0 Å². The number of aliphatic hydroxyl groups is 1. The second kappa shape index (κ2) is 6.55. The highest BCUT2D eigenvalue weighted by atomic mass is 79.9. The van der Waals surface area contributed by atoms with Crippen molar-refractivity contribution in [3.8, 4) is 0 Å². The molecule has 2 rings (SSSR count). The molecule has 0 amide bonds. The fourth-order valence-corrected chi connectivity index (χ4v) is 2.74. The van der Waals surface area contributed by atoms with Gasteiger partial charge in [0.15, 0.2) is 0 Å². The van der Waals surface area contributed by atoms with E-state index in [0.29, 0.717) is 0 Å². The van der Waals surface area contributed by atoms with Gasteiger partial charge in [-0.25, -0.2) is 0 Å². The molecular weight excluding hydrogens is 306 g/mol. The molecular formula is C15H20BrNO2. The van der Waals surface area contributed by atoms with Crippen LogP contribution < -0.4 is 4.90 Å². The molecule has 19 heavy (non-hydrogen) atoms. The van der Waals surface area contributed by atoms with E-state index in [4.69, 9.17) is 4.74 Å². The number of benzene rings is 1. The molecule has 1 N–H and O–H groups in total. The van der Waals surface area contributed by atoms with Gasteiger partial charge in [-0.15, -0.1) is 0 Å². The van der Waals surface area contributed by atoms with E-state index in [9.17, 15) is 5.11 Å². The summed E-state index contributed by atoms with van der Waals surface area (Å²) >= 11 is 3.51. The van der Waals surface area contributed by atoms with Gasteiger partial charge in [0.05, 0.1) is 12.7 Å². The number of aliphatic hydroxyl groups excluding tert-OH is 1. The zero-order valence-electron chi connectivity index (χ0n) is 11.4. The molecule has 0 radical (unpaired) electrons. The first-order chi connectivity index (χ1) is 9.11. The Hall–Kier alpha value is -0.840. The van der Waals surface area contributed by atoms with Gasteiger partial charge in [0.25, 0.3) is 0 Å². The van der Waals surface area contributed by atoms with Crippen LogP contribution in [0.4, 0.5) is 5.69 Å². The maximum absolute atomic E-state index is 9.88. The fraction of sp³-hybridized carbons (Fsp3) is 0.467. The summed E-state index contributed by atoms with van der Waals surface area (Å²) in [6.07, 6.45) is 2.78. The molecule has 3 nitrogen and oxygen atoms in total. The van der Waals surface area contributed by atoms with E-state index < -0.39 is 6.10 Å². The summed E-state index contributed by atoms with van der Waals surface area (Å²) in [5.41, 5.74) is 3.44. The Morgan fingerprint density at radius 3 is 2.84 bits per heavy atom. The van der Waals surface area contributed by atoms with Crippen LogP contribution in [-0.4, -0.2) is 31.9 Å². The second-order valence-corrected chi connectivity index (χ2v) is 5.79. The first kappa shape index (κ1) is 14.6. The van der Waals surface area contributed by atoms with Gasteiger partial charge in [-0.1, -0.05) is 28.1 Å². The predicted molar refractivity (Wildman–Crippen MR) is 81.6 cm³/mol. The summed E-state index contributed by atoms with van der Waals surface area (Å²) in [4.78, 5) is 2.30. The SMILES string of the molecule is COCC1=CCN(c2cc(Br)ccc2C(C)O)CC1. The summed E-state index contributed by atoms with van der Waals surface area (Å²) in [6.45, 7) is 4.36. The highest BCUT2D eigenvalue weighted by molar-refractivity contribution is 9.10. The Balaban J connectivity index is 2.21. The van der Waals surface area contributed by atoms with Gasteiger partial charge in [-0.05, 0) is 31.1 Å². The lowest BCUT2D eigenvalue weighted by atomic mass is 10.0. The molecule has 1 aromatic rings. The number of nitrogens with zero attached hydrogens (tertiary/aromatic N) is 1. The maximum atomic E-state index is 9.88. The van der Waals surface area contributed by atoms with Crippen LogP contribution >= 0.6 is 15.9 Å². The van der Waals surface area contributed by atoms with Crippen LogP contribution in [0.3, 0.4) is 0 Å². The van der Waals surface area contributed by atoms with Crippen LogP contribution in [0, 0.1) is 0 Å². The van der Waals surface area contributed by atoms with Crippen molar-refractivity contribution in [3.63, 3.8) is 0 Å². The van der Waals surface area contributed by atoms with E-state index in [2.05, 4.69) is 33.0 Å². The standard InChI is InChI=1S/C15H20BrNO2/c1-11(18)14-4-3-13(16)9-15(14)17-7-5-12(6-8-17)10-19-2/h3-5,9,11,18H,6-8,10H2,1-2H3. The smallest absolute Gasteiger partial charge is 0.0782 e. The number of anilines is 1. The molecule has 0 spiro atoms. The van der Waals surface area contributed by atoms with E-state index in [1.807, 2.05) is 19.1 Å². The lowest BCUT2D eigenvalue weighted by molar-refractivity contribution is 0.199. The van der Waals surface area contributed by atoms with Gasteiger partial charge in [-0.2, -0.15) is 0 Å². The van der Waals surface area contributed by atoms with Gasteiger partial charge in [-0.3, -0.25) is 0 Å². The van der Waals surface area contributed by atoms with E-state index in [1.165, 1.54) is 5.57 Å². The number of ether oxygens (including phenoxy) is 1. The average molecular weight is 326 g/mol. The summed E-state index contributed by atoms with van der Waals surface area (Å²) in [7, 11) is 1.73. The molecule has 1 atom stereocenters. The molecule has 1 aromatic carbocycles. The molecule has 0 aliphatic carbocycles. The van der Waals surface area contributed by atoms with Crippen molar-refractivity contribution < 1.29 is 9.84 Å². The van der Waals surface area contributed by atoms with E-state index in [0.717, 1.165) is 41.8 Å². The molecule has 0 fully saturated rings. The Morgan fingerprint density at radius 1 is 1.47 bits per heavy atom. The van der Waals surface area contributed by atoms with Gasteiger partial charge in [0.1, 0.15) is 0 Å². The zero-order chi connectivity index (χ0) is 13.8. The average Bonchev–Trinajstić information content (AvgIpc) is 2.39. The van der Waals surface area contributed by atoms with Crippen molar-refractivity contribution in [2.24, 2.45) is 0 Å². The molecule has 1 heterocycles. The fourth-order valence-electron chi connectivity index (χ4n) is 2.39. The molecule has 0 bridgehead atoms. The minimum atomic E-state index is -0.451. The minimum absolute atomic E-state index is 0.451. The third kappa shape index (κ3) is 3.59. The minimum Gasteiger partial charge on any atom is -0.389 e. The second-order valence-electron chi connectivity index (χ2n) is 4.87. The van der Waals surface area contributed by atoms with Gasteiger partial charge in [0, 0.05) is 35.9 Å². The summed E-state index contributed by atoms with van der Waals surface area (Å²) in [5.74, 6) is 0. The lowest BCUT2D eigenvalue weighted by Crippen LogP contribution is -2.30. The van der Waals surface area contributed by atoms with Crippen LogP contribution in [0.15, 0.2) is 34.3 Å². The van der Waals surface area contributed by atoms with Gasteiger partial charge < -0.3 is 14.7 Å². The van der Waals surface area contributed by atoms with Crippen molar-refractivity contribution in [3.05, 3.63) is 39.9 Å². The summed E-state index contributed by atoms with van der Waals surface area (Å²) < 4.78 is 6.21. The van der Waals surface area contributed by atoms with E-state index in [-0.39, 0.29) is 0 Å². The van der Waals surface area contributed by atoms with Crippen LogP contribution in [0.5, 0.6) is 0 Å². The molecule has 104 valence electrons.